The number of halogens is 1. The van der Waals surface area contributed by atoms with Crippen molar-refractivity contribution < 1.29 is 18.0 Å². The van der Waals surface area contributed by atoms with Gasteiger partial charge in [-0.15, -0.1) is 0 Å². The lowest BCUT2D eigenvalue weighted by Crippen LogP contribution is -2.48. The predicted molar refractivity (Wildman–Crippen MR) is 137 cm³/mol. The highest BCUT2D eigenvalue weighted by molar-refractivity contribution is 7.92. The zero-order valence-corrected chi connectivity index (χ0v) is 21.6. The highest BCUT2D eigenvalue weighted by atomic mass is 35.5. The SMILES string of the molecule is CCCCNC(=O)[C@@H](C)N(Cc1ccccc1Cl)C(=O)CCCN(c1ccccc1)S(C)(=O)=O. The monoisotopic (exact) mass is 507 g/mol. The van der Waals surface area contributed by atoms with Crippen molar-refractivity contribution in [1.82, 2.24) is 10.2 Å². The second-order valence-electron chi connectivity index (χ2n) is 8.21. The fourth-order valence-electron chi connectivity index (χ4n) is 3.53. The third-order valence-electron chi connectivity index (χ3n) is 5.49. The van der Waals surface area contributed by atoms with Crippen LogP contribution in [0.15, 0.2) is 54.6 Å². The number of anilines is 1. The summed E-state index contributed by atoms with van der Waals surface area (Å²) in [7, 11) is -3.51. The number of hydrogen-bond donors (Lipinski definition) is 1. The highest BCUT2D eigenvalue weighted by Crippen LogP contribution is 2.21. The molecule has 0 bridgehead atoms. The van der Waals surface area contributed by atoms with Gasteiger partial charge in [0.05, 0.1) is 11.9 Å². The van der Waals surface area contributed by atoms with Crippen LogP contribution in [-0.2, 0) is 26.2 Å². The molecule has 34 heavy (non-hydrogen) atoms. The molecule has 0 heterocycles. The van der Waals surface area contributed by atoms with Crippen molar-refractivity contribution in [2.75, 3.05) is 23.7 Å². The van der Waals surface area contributed by atoms with E-state index in [0.29, 0.717) is 23.7 Å². The number of rotatable bonds is 13. The molecular weight excluding hydrogens is 474 g/mol. The Balaban J connectivity index is 2.13. The summed E-state index contributed by atoms with van der Waals surface area (Å²) >= 11 is 6.31. The summed E-state index contributed by atoms with van der Waals surface area (Å²) < 4.78 is 25.9. The predicted octanol–water partition coefficient (Wildman–Crippen LogP) is 4.22. The molecule has 186 valence electrons. The van der Waals surface area contributed by atoms with E-state index in [-0.39, 0.29) is 31.3 Å². The molecule has 0 fully saturated rings. The van der Waals surface area contributed by atoms with E-state index in [1.54, 1.807) is 37.3 Å². The minimum Gasteiger partial charge on any atom is -0.354 e. The van der Waals surface area contributed by atoms with E-state index >= 15 is 0 Å². The van der Waals surface area contributed by atoms with E-state index in [1.165, 1.54) is 9.21 Å². The number of benzene rings is 2. The minimum absolute atomic E-state index is 0.0931. The van der Waals surface area contributed by atoms with E-state index in [9.17, 15) is 18.0 Å². The molecule has 2 amide bonds. The topological polar surface area (TPSA) is 86.8 Å². The first-order valence-electron chi connectivity index (χ1n) is 11.5. The standard InChI is InChI=1S/C25H34ClN3O4S/c1-4-5-17-27-25(31)20(2)28(19-21-12-9-10-15-23(21)26)24(30)16-11-18-29(34(3,32)33)22-13-7-6-8-14-22/h6-10,12-15,20H,4-5,11,16-19H2,1-3H3,(H,27,31)/t20-/m1/s1. The lowest BCUT2D eigenvalue weighted by molar-refractivity contribution is -0.140. The Kier molecular flexibility index (Phi) is 10.9. The first-order chi connectivity index (χ1) is 16.1. The molecule has 0 aliphatic carbocycles. The number of carbonyl (C=O) groups is 2. The molecule has 0 saturated carbocycles. The van der Waals surface area contributed by atoms with Crippen LogP contribution in [-0.4, -0.2) is 50.5 Å². The van der Waals surface area contributed by atoms with Gasteiger partial charge in [-0.2, -0.15) is 0 Å². The van der Waals surface area contributed by atoms with Crippen molar-refractivity contribution >= 4 is 39.1 Å². The molecule has 2 rings (SSSR count). The number of unbranched alkanes of at least 4 members (excludes halogenated alkanes) is 1. The van der Waals surface area contributed by atoms with Crippen LogP contribution in [0.5, 0.6) is 0 Å². The molecule has 2 aromatic rings. The van der Waals surface area contributed by atoms with Crippen LogP contribution >= 0.6 is 11.6 Å². The van der Waals surface area contributed by atoms with E-state index in [4.69, 9.17) is 11.6 Å². The summed E-state index contributed by atoms with van der Waals surface area (Å²) in [6.07, 6.45) is 3.36. The van der Waals surface area contributed by atoms with Crippen LogP contribution in [0, 0.1) is 0 Å². The Hall–Kier alpha value is -2.58. The van der Waals surface area contributed by atoms with E-state index < -0.39 is 16.1 Å². The van der Waals surface area contributed by atoms with Crippen molar-refractivity contribution in [3.05, 3.63) is 65.2 Å². The molecule has 0 spiro atoms. The number of amides is 2. The second-order valence-corrected chi connectivity index (χ2v) is 10.5. The Morgan fingerprint density at radius 3 is 2.29 bits per heavy atom. The fourth-order valence-corrected chi connectivity index (χ4v) is 4.69. The average molecular weight is 508 g/mol. The molecule has 0 radical (unpaired) electrons. The fraction of sp³-hybridized carbons (Fsp3) is 0.440. The summed E-state index contributed by atoms with van der Waals surface area (Å²) in [5.41, 5.74) is 1.29. The number of nitrogens with zero attached hydrogens (tertiary/aromatic N) is 2. The van der Waals surface area contributed by atoms with Gasteiger partial charge in [-0.25, -0.2) is 8.42 Å². The summed E-state index contributed by atoms with van der Waals surface area (Å²) in [6.45, 7) is 4.63. The maximum Gasteiger partial charge on any atom is 0.242 e. The second kappa shape index (κ2) is 13.3. The van der Waals surface area contributed by atoms with Gasteiger partial charge >= 0.3 is 0 Å². The van der Waals surface area contributed by atoms with Gasteiger partial charge in [0, 0.05) is 31.1 Å². The van der Waals surface area contributed by atoms with Crippen molar-refractivity contribution in [2.24, 2.45) is 0 Å². The van der Waals surface area contributed by atoms with Crippen LogP contribution in [0.1, 0.15) is 45.1 Å². The molecule has 0 unspecified atom stereocenters. The largest absolute Gasteiger partial charge is 0.354 e. The Morgan fingerprint density at radius 1 is 1.03 bits per heavy atom. The third kappa shape index (κ3) is 8.33. The summed E-state index contributed by atoms with van der Waals surface area (Å²) in [6, 6.07) is 15.3. The first-order valence-corrected chi connectivity index (χ1v) is 13.7. The van der Waals surface area contributed by atoms with Crippen molar-refractivity contribution in [2.45, 2.75) is 52.1 Å². The highest BCUT2D eigenvalue weighted by Gasteiger charge is 2.27. The maximum absolute atomic E-state index is 13.2. The average Bonchev–Trinajstić information content (AvgIpc) is 2.80. The van der Waals surface area contributed by atoms with Crippen molar-refractivity contribution in [1.29, 1.82) is 0 Å². The van der Waals surface area contributed by atoms with Gasteiger partial charge in [0.25, 0.3) is 0 Å². The van der Waals surface area contributed by atoms with Crippen LogP contribution in [0.2, 0.25) is 5.02 Å². The van der Waals surface area contributed by atoms with E-state index in [1.807, 2.05) is 31.2 Å². The first kappa shape index (κ1) is 27.7. The molecule has 1 atom stereocenters. The molecule has 0 saturated heterocycles. The van der Waals surface area contributed by atoms with Crippen molar-refractivity contribution in [3.63, 3.8) is 0 Å². The molecule has 0 aliphatic heterocycles. The zero-order chi connectivity index (χ0) is 25.1. The number of para-hydroxylation sites is 1. The zero-order valence-electron chi connectivity index (χ0n) is 20.0. The summed E-state index contributed by atoms with van der Waals surface area (Å²) in [4.78, 5) is 27.5. The Labute approximate surface area is 208 Å². The third-order valence-corrected chi connectivity index (χ3v) is 7.05. The Morgan fingerprint density at radius 2 is 1.68 bits per heavy atom. The van der Waals surface area contributed by atoms with Gasteiger partial charge in [0.2, 0.25) is 21.8 Å². The molecule has 1 N–H and O–H groups in total. The smallest absolute Gasteiger partial charge is 0.242 e. The van der Waals surface area contributed by atoms with Gasteiger partial charge < -0.3 is 10.2 Å². The number of sulfonamides is 1. The molecular formula is C25H34ClN3O4S. The molecule has 0 aliphatic rings. The van der Waals surface area contributed by atoms with E-state index in [2.05, 4.69) is 5.32 Å². The Bertz CT molecular complexity index is 1050. The van der Waals surface area contributed by atoms with Crippen LogP contribution in [0.3, 0.4) is 0 Å². The summed E-state index contributed by atoms with van der Waals surface area (Å²) in [5, 5.41) is 3.40. The molecule has 2 aromatic carbocycles. The molecule has 9 heteroatoms. The van der Waals surface area contributed by atoms with Crippen LogP contribution in [0.25, 0.3) is 0 Å². The van der Waals surface area contributed by atoms with Gasteiger partial charge in [-0.1, -0.05) is 61.3 Å². The van der Waals surface area contributed by atoms with Crippen LogP contribution in [0.4, 0.5) is 5.69 Å². The molecule has 7 nitrogen and oxygen atoms in total. The molecule has 0 aromatic heterocycles. The summed E-state index contributed by atoms with van der Waals surface area (Å²) in [5.74, 6) is -0.463. The van der Waals surface area contributed by atoms with Gasteiger partial charge in [-0.05, 0) is 43.5 Å². The number of carbonyl (C=O) groups excluding carboxylic acids is 2. The maximum atomic E-state index is 13.2. The van der Waals surface area contributed by atoms with Crippen LogP contribution < -0.4 is 9.62 Å². The van der Waals surface area contributed by atoms with Gasteiger partial charge in [0.1, 0.15) is 6.04 Å². The van der Waals surface area contributed by atoms with Gasteiger partial charge in [0.15, 0.2) is 0 Å². The number of nitrogens with one attached hydrogen (secondary N) is 1. The minimum atomic E-state index is -3.51. The van der Waals surface area contributed by atoms with Crippen molar-refractivity contribution in [3.8, 4) is 0 Å². The number of hydrogen-bond acceptors (Lipinski definition) is 4. The van der Waals surface area contributed by atoms with Gasteiger partial charge in [-0.3, -0.25) is 13.9 Å². The lowest BCUT2D eigenvalue weighted by atomic mass is 10.1. The van der Waals surface area contributed by atoms with E-state index in [0.717, 1.165) is 24.7 Å². The lowest BCUT2D eigenvalue weighted by Gasteiger charge is -2.29. The normalized spacial score (nSPS) is 12.1. The quantitative estimate of drug-likeness (QED) is 0.411.